The molecular weight excluding hydrogens is 250 g/mol. The van der Waals surface area contributed by atoms with Crippen molar-refractivity contribution in [3.8, 4) is 0 Å². The minimum atomic E-state index is -3.55. The molecule has 0 radical (unpaired) electrons. The van der Waals surface area contributed by atoms with Gasteiger partial charge in [0.05, 0.1) is 4.90 Å². The fraction of sp³-hybridized carbons (Fsp3) is 0.0769. The predicted octanol–water partition coefficient (Wildman–Crippen LogP) is 2.32. The summed E-state index contributed by atoms with van der Waals surface area (Å²) in [5.74, 6) is 0. The average Bonchev–Trinajstić information content (AvgIpc) is 3.22. The van der Waals surface area contributed by atoms with Crippen molar-refractivity contribution < 1.29 is 13.3 Å². The van der Waals surface area contributed by atoms with E-state index >= 15 is 0 Å². The van der Waals surface area contributed by atoms with Crippen LogP contribution in [0.5, 0.6) is 0 Å². The summed E-state index contributed by atoms with van der Waals surface area (Å²) in [5.41, 5.74) is 0.831. The van der Waals surface area contributed by atoms with Crippen LogP contribution in [-0.4, -0.2) is 12.9 Å². The van der Waals surface area contributed by atoms with Crippen LogP contribution in [-0.2, 0) is 14.9 Å². The molecule has 0 aromatic heterocycles. The fourth-order valence-corrected chi connectivity index (χ4v) is 3.03. The van der Waals surface area contributed by atoms with Crippen molar-refractivity contribution in [1.29, 1.82) is 0 Å². The van der Waals surface area contributed by atoms with E-state index in [-0.39, 0.29) is 4.90 Å². The van der Waals surface area contributed by atoms with E-state index in [0.717, 1.165) is 10.0 Å². The van der Waals surface area contributed by atoms with Gasteiger partial charge in [-0.2, -0.15) is 0 Å². The van der Waals surface area contributed by atoms with Gasteiger partial charge < -0.3 is 0 Å². The third-order valence-electron chi connectivity index (χ3n) is 2.71. The highest BCUT2D eigenvalue weighted by molar-refractivity contribution is 7.89. The molecule has 5 heteroatoms. The normalized spacial score (nSPS) is 22.7. The molecule has 0 bridgehead atoms. The van der Waals surface area contributed by atoms with E-state index in [1.54, 1.807) is 30.3 Å². The van der Waals surface area contributed by atoms with Crippen molar-refractivity contribution in [3.63, 3.8) is 0 Å². The summed E-state index contributed by atoms with van der Waals surface area (Å²) in [7, 11) is -3.55. The second kappa shape index (κ2) is 4.20. The van der Waals surface area contributed by atoms with Crippen molar-refractivity contribution in [1.82, 2.24) is 4.47 Å². The molecule has 1 fully saturated rings. The molecule has 18 heavy (non-hydrogen) atoms. The Balaban J connectivity index is 1.87. The van der Waals surface area contributed by atoms with E-state index in [0.29, 0.717) is 0 Å². The molecule has 2 aromatic rings. The smallest absolute Gasteiger partial charge is 0.253 e. The Kier molecular flexibility index (Phi) is 2.66. The molecule has 1 saturated heterocycles. The first-order valence-corrected chi connectivity index (χ1v) is 6.95. The van der Waals surface area contributed by atoms with Crippen LogP contribution >= 0.6 is 0 Å². The maximum Gasteiger partial charge on any atom is 0.267 e. The topological polar surface area (TPSA) is 49.7 Å². The van der Waals surface area contributed by atoms with Crippen LogP contribution in [0.4, 0.5) is 0 Å². The summed E-state index contributed by atoms with van der Waals surface area (Å²) < 4.78 is 25.4. The lowest BCUT2D eigenvalue weighted by Gasteiger charge is -2.01. The van der Waals surface area contributed by atoms with Crippen molar-refractivity contribution in [2.24, 2.45) is 0 Å². The van der Waals surface area contributed by atoms with Gasteiger partial charge in [0.25, 0.3) is 10.0 Å². The van der Waals surface area contributed by atoms with Gasteiger partial charge in [0.15, 0.2) is 6.23 Å². The second-order valence-corrected chi connectivity index (χ2v) is 5.72. The number of benzene rings is 2. The first-order chi connectivity index (χ1) is 8.69. The van der Waals surface area contributed by atoms with Gasteiger partial charge in [-0.1, -0.05) is 48.5 Å². The quantitative estimate of drug-likeness (QED) is 0.797. The van der Waals surface area contributed by atoms with Crippen molar-refractivity contribution in [3.05, 3.63) is 66.2 Å². The van der Waals surface area contributed by atoms with Gasteiger partial charge in [-0.25, -0.2) is 8.42 Å². The van der Waals surface area contributed by atoms with Gasteiger partial charge in [0.2, 0.25) is 0 Å². The Morgan fingerprint density at radius 1 is 0.889 bits per heavy atom. The highest BCUT2D eigenvalue weighted by Gasteiger charge is 2.48. The average molecular weight is 261 g/mol. The SMILES string of the molecule is O=S(=O)(c1ccccc1)N1O[C@@H]1c1ccccc1. The molecule has 0 spiro atoms. The second-order valence-electron chi connectivity index (χ2n) is 3.94. The molecule has 1 aliphatic heterocycles. The van der Waals surface area contributed by atoms with Crippen LogP contribution in [0.15, 0.2) is 65.6 Å². The van der Waals surface area contributed by atoms with Crippen LogP contribution in [0.1, 0.15) is 11.8 Å². The maximum absolute atomic E-state index is 12.2. The Bertz CT molecular complexity index is 640. The first-order valence-electron chi connectivity index (χ1n) is 5.51. The highest BCUT2D eigenvalue weighted by atomic mass is 32.2. The van der Waals surface area contributed by atoms with E-state index in [4.69, 9.17) is 4.84 Å². The van der Waals surface area contributed by atoms with Crippen LogP contribution in [0.2, 0.25) is 0 Å². The van der Waals surface area contributed by atoms with Crippen LogP contribution in [0.25, 0.3) is 0 Å². The molecule has 0 saturated carbocycles. The molecule has 1 heterocycles. The number of hydrogen-bond acceptors (Lipinski definition) is 3. The summed E-state index contributed by atoms with van der Waals surface area (Å²) in [5, 5.41) is 0. The number of sulfonamides is 1. The Morgan fingerprint density at radius 3 is 2.06 bits per heavy atom. The number of hydrogen-bond donors (Lipinski definition) is 0. The van der Waals surface area contributed by atoms with Gasteiger partial charge in [0.1, 0.15) is 0 Å². The summed E-state index contributed by atoms with van der Waals surface area (Å²) >= 11 is 0. The van der Waals surface area contributed by atoms with Gasteiger partial charge in [-0.05, 0) is 16.6 Å². The summed E-state index contributed by atoms with van der Waals surface area (Å²) in [6, 6.07) is 17.5. The zero-order valence-corrected chi connectivity index (χ0v) is 10.2. The maximum atomic E-state index is 12.2. The minimum Gasteiger partial charge on any atom is -0.253 e. The van der Waals surface area contributed by atoms with Crippen molar-refractivity contribution >= 4 is 10.0 Å². The Morgan fingerprint density at radius 2 is 1.44 bits per heavy atom. The summed E-state index contributed by atoms with van der Waals surface area (Å²) in [6.07, 6.45) is -0.503. The molecule has 1 unspecified atom stereocenters. The number of rotatable bonds is 3. The monoisotopic (exact) mass is 261 g/mol. The molecule has 0 N–H and O–H groups in total. The highest BCUT2D eigenvalue weighted by Crippen LogP contribution is 2.41. The molecule has 0 aliphatic carbocycles. The fourth-order valence-electron chi connectivity index (χ4n) is 1.75. The van der Waals surface area contributed by atoms with Crippen LogP contribution in [0.3, 0.4) is 0 Å². The zero-order valence-electron chi connectivity index (χ0n) is 9.43. The predicted molar refractivity (Wildman–Crippen MR) is 65.7 cm³/mol. The standard InChI is InChI=1S/C13H11NO3S/c15-18(16,12-9-5-2-6-10-12)14-13(17-14)11-7-3-1-4-8-11/h1-10,13H/t13-,14?/m1/s1. The van der Waals surface area contributed by atoms with E-state index in [1.807, 2.05) is 30.3 Å². The molecule has 3 rings (SSSR count). The number of hydroxylamine groups is 1. The van der Waals surface area contributed by atoms with Crippen molar-refractivity contribution in [2.45, 2.75) is 11.1 Å². The lowest BCUT2D eigenvalue weighted by molar-refractivity contribution is 0.283. The van der Waals surface area contributed by atoms with Gasteiger partial charge >= 0.3 is 0 Å². The summed E-state index contributed by atoms with van der Waals surface area (Å²) in [4.78, 5) is 5.41. The summed E-state index contributed by atoms with van der Waals surface area (Å²) in [6.45, 7) is 0. The third kappa shape index (κ3) is 1.92. The molecule has 92 valence electrons. The van der Waals surface area contributed by atoms with E-state index in [9.17, 15) is 8.42 Å². The van der Waals surface area contributed by atoms with E-state index in [2.05, 4.69) is 0 Å². The van der Waals surface area contributed by atoms with Crippen molar-refractivity contribution in [2.75, 3.05) is 0 Å². The van der Waals surface area contributed by atoms with Crippen LogP contribution in [0, 0.1) is 0 Å². The molecule has 0 amide bonds. The van der Waals surface area contributed by atoms with Crippen LogP contribution < -0.4 is 0 Å². The lowest BCUT2D eigenvalue weighted by Crippen LogP contribution is -2.12. The molecular formula is C13H11NO3S. The largest absolute Gasteiger partial charge is 0.267 e. The van der Waals surface area contributed by atoms with E-state index < -0.39 is 16.3 Å². The third-order valence-corrected chi connectivity index (χ3v) is 4.33. The molecule has 2 atom stereocenters. The molecule has 2 aromatic carbocycles. The minimum absolute atomic E-state index is 0.239. The Labute approximate surface area is 105 Å². The number of nitrogens with zero attached hydrogens (tertiary/aromatic N) is 1. The first kappa shape index (κ1) is 11.4. The zero-order chi connectivity index (χ0) is 12.6. The van der Waals surface area contributed by atoms with Gasteiger partial charge in [0, 0.05) is 5.56 Å². The van der Waals surface area contributed by atoms with Gasteiger partial charge in [-0.3, -0.25) is 4.84 Å². The van der Waals surface area contributed by atoms with Gasteiger partial charge in [-0.15, -0.1) is 0 Å². The molecule has 1 aliphatic rings. The Hall–Kier alpha value is -1.69. The molecule has 4 nitrogen and oxygen atoms in total. The lowest BCUT2D eigenvalue weighted by atomic mass is 10.2. The van der Waals surface area contributed by atoms with E-state index in [1.165, 1.54) is 0 Å².